The van der Waals surface area contributed by atoms with E-state index in [2.05, 4.69) is 46.4 Å². The molecule has 2 fully saturated rings. The molecule has 170 valence electrons. The largest absolute Gasteiger partial charge is 0.347 e. The predicted molar refractivity (Wildman–Crippen MR) is 122 cm³/mol. The molecule has 4 rings (SSSR count). The van der Waals surface area contributed by atoms with E-state index in [-0.39, 0.29) is 42.0 Å². The molecule has 4 N–H and O–H groups in total. The maximum absolute atomic E-state index is 13.5. The molecule has 7 heteroatoms. The Morgan fingerprint density at radius 3 is 2.87 bits per heavy atom. The molecule has 1 aromatic rings. The van der Waals surface area contributed by atoms with Gasteiger partial charge in [0.1, 0.15) is 6.04 Å². The predicted octanol–water partition coefficient (Wildman–Crippen LogP) is 1.10. The molecule has 0 saturated carbocycles. The van der Waals surface area contributed by atoms with Crippen molar-refractivity contribution in [3.8, 4) is 0 Å². The van der Waals surface area contributed by atoms with Gasteiger partial charge < -0.3 is 26.2 Å². The average molecular weight is 428 g/mol. The molecule has 2 heterocycles. The number of fused-ring (bicyclic) bond motifs is 2. The van der Waals surface area contributed by atoms with E-state index in [1.165, 1.54) is 11.1 Å². The van der Waals surface area contributed by atoms with Crippen molar-refractivity contribution in [1.29, 1.82) is 0 Å². The number of rotatable bonds is 6. The Bertz CT molecular complexity index is 785. The van der Waals surface area contributed by atoms with E-state index < -0.39 is 0 Å². The first-order valence-electron chi connectivity index (χ1n) is 11.9. The van der Waals surface area contributed by atoms with Crippen LogP contribution in [-0.4, -0.2) is 67.6 Å². The van der Waals surface area contributed by atoms with Gasteiger partial charge in [-0.25, -0.2) is 0 Å². The van der Waals surface area contributed by atoms with Crippen LogP contribution in [0.2, 0.25) is 0 Å². The number of likely N-dealkylation sites (N-methyl/N-ethyl adjacent to an activating group) is 1. The summed E-state index contributed by atoms with van der Waals surface area (Å²) in [6.45, 7) is 4.27. The van der Waals surface area contributed by atoms with Crippen LogP contribution in [0.5, 0.6) is 0 Å². The van der Waals surface area contributed by atoms with E-state index in [1.807, 2.05) is 18.0 Å². The first-order valence-corrected chi connectivity index (χ1v) is 11.9. The van der Waals surface area contributed by atoms with Crippen LogP contribution in [-0.2, 0) is 16.0 Å². The van der Waals surface area contributed by atoms with Gasteiger partial charge in [-0.05, 0) is 70.2 Å². The molecule has 3 aliphatic rings. The number of nitrogens with zero attached hydrogens (tertiary/aromatic N) is 1. The van der Waals surface area contributed by atoms with E-state index in [9.17, 15) is 9.59 Å². The molecule has 0 bridgehead atoms. The maximum atomic E-state index is 13.5. The lowest BCUT2D eigenvalue weighted by atomic mass is 9.87. The molecule has 2 aliphatic heterocycles. The van der Waals surface area contributed by atoms with Gasteiger partial charge in [0.15, 0.2) is 0 Å². The smallest absolute Gasteiger partial charge is 0.243 e. The number of carbonyl (C=O) groups is 2. The number of aryl methyl sites for hydroxylation is 1. The first-order chi connectivity index (χ1) is 15.1. The van der Waals surface area contributed by atoms with Gasteiger partial charge in [0, 0.05) is 25.2 Å². The van der Waals surface area contributed by atoms with Crippen molar-refractivity contribution < 1.29 is 9.59 Å². The summed E-state index contributed by atoms with van der Waals surface area (Å²) < 4.78 is 0. The molecule has 1 aliphatic carbocycles. The lowest BCUT2D eigenvalue weighted by Crippen LogP contribution is -2.60. The Morgan fingerprint density at radius 1 is 1.19 bits per heavy atom. The fourth-order valence-electron chi connectivity index (χ4n) is 5.29. The zero-order chi connectivity index (χ0) is 21.8. The molecular weight excluding hydrogens is 390 g/mol. The summed E-state index contributed by atoms with van der Waals surface area (Å²) in [5, 5.41) is 13.3. The highest BCUT2D eigenvalue weighted by Crippen LogP contribution is 2.32. The van der Waals surface area contributed by atoms with E-state index in [0.29, 0.717) is 13.1 Å². The summed E-state index contributed by atoms with van der Waals surface area (Å²) in [6, 6.07) is 8.21. The first kappa shape index (κ1) is 22.2. The van der Waals surface area contributed by atoms with Crippen LogP contribution in [0.15, 0.2) is 24.3 Å². The third kappa shape index (κ3) is 4.94. The minimum Gasteiger partial charge on any atom is -0.347 e. The lowest BCUT2D eigenvalue weighted by Gasteiger charge is -2.36. The molecule has 5 unspecified atom stereocenters. The zero-order valence-corrected chi connectivity index (χ0v) is 18.8. The second kappa shape index (κ2) is 10.1. The minimum absolute atomic E-state index is 0.00780. The normalized spacial score (nSPS) is 29.5. The summed E-state index contributed by atoms with van der Waals surface area (Å²) in [6.07, 6.45) is 5.66. The molecule has 2 amide bonds. The average Bonchev–Trinajstić information content (AvgIpc) is 3.20. The summed E-state index contributed by atoms with van der Waals surface area (Å²) in [5.74, 6) is 0.0654. The highest BCUT2D eigenvalue weighted by molar-refractivity contribution is 5.91. The third-order valence-electron chi connectivity index (χ3n) is 7.21. The number of carbonyl (C=O) groups excluding carboxylic acids is 2. The number of amides is 2. The third-order valence-corrected chi connectivity index (χ3v) is 7.21. The molecule has 5 atom stereocenters. The van der Waals surface area contributed by atoms with Gasteiger partial charge in [0.2, 0.25) is 11.8 Å². The fraction of sp³-hybridized carbons (Fsp3) is 0.667. The van der Waals surface area contributed by atoms with Crippen molar-refractivity contribution >= 4 is 11.8 Å². The van der Waals surface area contributed by atoms with Crippen LogP contribution in [0.3, 0.4) is 0 Å². The standard InChI is InChI=1S/C24H37N5O2/c1-16(25-2)14-27-21-15-26-13-12-18-10-11-22(29(18)24(21)31)23(30)28-20-9-5-7-17-6-3-4-8-19(17)20/h3-4,6,8,16,18,20-22,25-27H,5,7,9-15H2,1-2H3,(H,28,30). The van der Waals surface area contributed by atoms with E-state index in [0.717, 1.165) is 45.1 Å². The van der Waals surface area contributed by atoms with Gasteiger partial charge in [0.05, 0.1) is 12.1 Å². The molecule has 0 aromatic heterocycles. The summed E-state index contributed by atoms with van der Waals surface area (Å²) in [4.78, 5) is 28.8. The van der Waals surface area contributed by atoms with Crippen molar-refractivity contribution in [2.45, 2.75) is 75.7 Å². The summed E-state index contributed by atoms with van der Waals surface area (Å²) in [5.41, 5.74) is 2.57. The van der Waals surface area contributed by atoms with Crippen molar-refractivity contribution in [1.82, 2.24) is 26.2 Å². The van der Waals surface area contributed by atoms with Gasteiger partial charge in [-0.3, -0.25) is 9.59 Å². The van der Waals surface area contributed by atoms with Crippen LogP contribution >= 0.6 is 0 Å². The molecule has 1 aromatic carbocycles. The number of hydrogen-bond acceptors (Lipinski definition) is 5. The second-order valence-corrected chi connectivity index (χ2v) is 9.29. The molecule has 2 saturated heterocycles. The van der Waals surface area contributed by atoms with Crippen molar-refractivity contribution in [2.75, 3.05) is 26.7 Å². The van der Waals surface area contributed by atoms with Crippen molar-refractivity contribution in [3.05, 3.63) is 35.4 Å². The Balaban J connectivity index is 1.47. The Kier molecular flexibility index (Phi) is 7.25. The van der Waals surface area contributed by atoms with Crippen LogP contribution in [0.1, 0.15) is 56.2 Å². The van der Waals surface area contributed by atoms with Gasteiger partial charge in [-0.2, -0.15) is 0 Å². The van der Waals surface area contributed by atoms with E-state index in [4.69, 9.17) is 0 Å². The Hall–Kier alpha value is -1.96. The summed E-state index contributed by atoms with van der Waals surface area (Å²) >= 11 is 0. The number of hydrogen-bond donors (Lipinski definition) is 4. The Morgan fingerprint density at radius 2 is 2.03 bits per heavy atom. The van der Waals surface area contributed by atoms with Crippen LogP contribution in [0.25, 0.3) is 0 Å². The highest BCUT2D eigenvalue weighted by Gasteiger charge is 2.44. The van der Waals surface area contributed by atoms with E-state index >= 15 is 0 Å². The molecule has 0 radical (unpaired) electrons. The van der Waals surface area contributed by atoms with Crippen LogP contribution in [0, 0.1) is 0 Å². The van der Waals surface area contributed by atoms with Gasteiger partial charge in [-0.1, -0.05) is 24.3 Å². The molecular formula is C24H37N5O2. The SMILES string of the molecule is CNC(C)CNC1CNCCC2CCC(C(=O)NC3CCCc4ccccc43)N2C1=O. The molecule has 31 heavy (non-hydrogen) atoms. The van der Waals surface area contributed by atoms with Crippen molar-refractivity contribution in [3.63, 3.8) is 0 Å². The van der Waals surface area contributed by atoms with Crippen LogP contribution < -0.4 is 21.3 Å². The monoisotopic (exact) mass is 427 g/mol. The fourth-order valence-corrected chi connectivity index (χ4v) is 5.29. The number of nitrogens with one attached hydrogen (secondary N) is 4. The van der Waals surface area contributed by atoms with Crippen LogP contribution in [0.4, 0.5) is 0 Å². The zero-order valence-electron chi connectivity index (χ0n) is 18.8. The molecule has 7 nitrogen and oxygen atoms in total. The lowest BCUT2D eigenvalue weighted by molar-refractivity contribution is -0.142. The number of benzene rings is 1. The maximum Gasteiger partial charge on any atom is 0.243 e. The van der Waals surface area contributed by atoms with Gasteiger partial charge in [-0.15, -0.1) is 0 Å². The second-order valence-electron chi connectivity index (χ2n) is 9.29. The topological polar surface area (TPSA) is 85.5 Å². The summed E-state index contributed by atoms with van der Waals surface area (Å²) in [7, 11) is 1.92. The molecule has 0 spiro atoms. The Labute approximate surface area is 185 Å². The highest BCUT2D eigenvalue weighted by atomic mass is 16.2. The van der Waals surface area contributed by atoms with Crippen molar-refractivity contribution in [2.24, 2.45) is 0 Å². The quantitative estimate of drug-likeness (QED) is 0.546. The minimum atomic E-state index is -0.365. The van der Waals surface area contributed by atoms with E-state index in [1.54, 1.807) is 0 Å². The van der Waals surface area contributed by atoms with Gasteiger partial charge >= 0.3 is 0 Å². The van der Waals surface area contributed by atoms with Gasteiger partial charge in [0.25, 0.3) is 0 Å².